The van der Waals surface area contributed by atoms with Crippen LogP contribution in [0.1, 0.15) is 31.9 Å². The van der Waals surface area contributed by atoms with Crippen molar-refractivity contribution in [3.8, 4) is 11.1 Å². The van der Waals surface area contributed by atoms with Crippen LogP contribution in [0.25, 0.3) is 17.2 Å². The first-order chi connectivity index (χ1) is 8.50. The molecule has 0 aromatic heterocycles. The van der Waals surface area contributed by atoms with Crippen LogP contribution in [0.2, 0.25) is 0 Å². The van der Waals surface area contributed by atoms with Gasteiger partial charge in [0, 0.05) is 0 Å². The zero-order chi connectivity index (χ0) is 13.2. The van der Waals surface area contributed by atoms with Crippen molar-refractivity contribution >= 4 is 30.0 Å². The van der Waals surface area contributed by atoms with E-state index in [0.717, 1.165) is 5.56 Å². The van der Waals surface area contributed by atoms with E-state index < -0.39 is 0 Å². The molecule has 0 radical (unpaired) electrons. The van der Waals surface area contributed by atoms with Crippen molar-refractivity contribution in [2.75, 3.05) is 0 Å². The molecule has 0 aliphatic heterocycles. The average Bonchev–Trinajstić information content (AvgIpc) is 2.38. The quantitative estimate of drug-likeness (QED) is 0.715. The van der Waals surface area contributed by atoms with Gasteiger partial charge in [-0.05, 0) is 27.7 Å². The van der Waals surface area contributed by atoms with Gasteiger partial charge >= 0.3 is 23.9 Å². The van der Waals surface area contributed by atoms with Gasteiger partial charge in [0.2, 0.25) is 0 Å². The van der Waals surface area contributed by atoms with Crippen molar-refractivity contribution in [3.05, 3.63) is 66.2 Å². The molecule has 1 heteroatoms. The Morgan fingerprint density at radius 3 is 1.58 bits per heavy atom. The minimum atomic E-state index is 0. The van der Waals surface area contributed by atoms with Gasteiger partial charge in [-0.25, -0.2) is 0 Å². The van der Waals surface area contributed by atoms with E-state index in [0.29, 0.717) is 0 Å². The van der Waals surface area contributed by atoms with Crippen LogP contribution in [-0.2, 0) is 5.41 Å². The van der Waals surface area contributed by atoms with Crippen LogP contribution in [0.15, 0.2) is 55.1 Å². The topological polar surface area (TPSA) is 0 Å². The summed E-state index contributed by atoms with van der Waals surface area (Å²) in [5, 5.41) is 0. The molecule has 0 saturated heterocycles. The SMILES string of the molecule is C=Cc1ccc(-c2ccc(C(C)(C)C)cc2)cc1.[SnH4]. The van der Waals surface area contributed by atoms with Crippen LogP contribution in [0.5, 0.6) is 0 Å². The minimum absolute atomic E-state index is 0. The Bertz CT molecular complexity index is 527. The molecule has 0 aliphatic carbocycles. The molecule has 0 nitrogen and oxygen atoms in total. The summed E-state index contributed by atoms with van der Waals surface area (Å²) >= 11 is 0. The number of hydrogen-bond donors (Lipinski definition) is 0. The van der Waals surface area contributed by atoms with Gasteiger partial charge in [-0.3, -0.25) is 0 Å². The van der Waals surface area contributed by atoms with Crippen molar-refractivity contribution in [1.29, 1.82) is 0 Å². The molecule has 0 bridgehead atoms. The molecule has 0 heterocycles. The predicted molar refractivity (Wildman–Crippen MR) is 92.0 cm³/mol. The molecule has 0 atom stereocenters. The third-order valence-electron chi connectivity index (χ3n) is 3.23. The van der Waals surface area contributed by atoms with Crippen LogP contribution in [0.4, 0.5) is 0 Å². The molecule has 0 spiro atoms. The monoisotopic (exact) mass is 360 g/mol. The fourth-order valence-corrected chi connectivity index (χ4v) is 1.97. The summed E-state index contributed by atoms with van der Waals surface area (Å²) in [6, 6.07) is 17.3. The van der Waals surface area contributed by atoms with E-state index >= 15 is 0 Å². The van der Waals surface area contributed by atoms with Crippen molar-refractivity contribution in [2.45, 2.75) is 26.2 Å². The molecule has 19 heavy (non-hydrogen) atoms. The zero-order valence-electron chi connectivity index (χ0n) is 11.4. The van der Waals surface area contributed by atoms with Crippen LogP contribution in [0, 0.1) is 0 Å². The molecular weight excluding hydrogens is 335 g/mol. The summed E-state index contributed by atoms with van der Waals surface area (Å²) in [4.78, 5) is 0. The van der Waals surface area contributed by atoms with E-state index in [2.05, 4.69) is 75.9 Å². The van der Waals surface area contributed by atoms with Crippen LogP contribution in [-0.4, -0.2) is 23.9 Å². The fraction of sp³-hybridized carbons (Fsp3) is 0.222. The molecule has 0 N–H and O–H groups in total. The van der Waals surface area contributed by atoms with E-state index in [1.165, 1.54) is 16.7 Å². The van der Waals surface area contributed by atoms with Crippen LogP contribution in [0.3, 0.4) is 0 Å². The molecule has 2 rings (SSSR count). The van der Waals surface area contributed by atoms with Crippen molar-refractivity contribution in [2.24, 2.45) is 0 Å². The van der Waals surface area contributed by atoms with E-state index in [4.69, 9.17) is 0 Å². The standard InChI is InChI=1S/C18H20.Sn.4H/c1-5-14-6-8-15(9-7-14)16-10-12-17(13-11-16)18(2,3)4;;;;;/h5-13H,1H2,2-4H3;;;;;. The first-order valence-corrected chi connectivity index (χ1v) is 6.34. The Morgan fingerprint density at radius 1 is 0.789 bits per heavy atom. The summed E-state index contributed by atoms with van der Waals surface area (Å²) in [5.41, 5.74) is 5.25. The van der Waals surface area contributed by atoms with E-state index in [-0.39, 0.29) is 29.3 Å². The number of hydrogen-bond acceptors (Lipinski definition) is 0. The van der Waals surface area contributed by atoms with Crippen molar-refractivity contribution in [3.63, 3.8) is 0 Å². The summed E-state index contributed by atoms with van der Waals surface area (Å²) in [6.07, 6.45) is 1.87. The summed E-state index contributed by atoms with van der Waals surface area (Å²) in [5.74, 6) is 0. The maximum atomic E-state index is 3.77. The third kappa shape index (κ3) is 3.97. The van der Waals surface area contributed by atoms with Gasteiger partial charge < -0.3 is 0 Å². The van der Waals surface area contributed by atoms with Gasteiger partial charge in [0.15, 0.2) is 0 Å². The Balaban J connectivity index is 0.00000180. The van der Waals surface area contributed by atoms with E-state index in [1.807, 2.05) is 6.08 Å². The van der Waals surface area contributed by atoms with Crippen LogP contribution < -0.4 is 0 Å². The summed E-state index contributed by atoms with van der Waals surface area (Å²) in [7, 11) is 0. The first kappa shape index (κ1) is 16.0. The summed E-state index contributed by atoms with van der Waals surface area (Å²) < 4.78 is 0. The van der Waals surface area contributed by atoms with Crippen LogP contribution >= 0.6 is 0 Å². The molecule has 2 aromatic carbocycles. The van der Waals surface area contributed by atoms with Gasteiger partial charge in [0.1, 0.15) is 0 Å². The fourth-order valence-electron chi connectivity index (χ4n) is 1.97. The second kappa shape index (κ2) is 6.42. The number of rotatable bonds is 2. The Hall–Kier alpha value is -1.02. The number of benzene rings is 2. The second-order valence-corrected chi connectivity index (χ2v) is 5.65. The van der Waals surface area contributed by atoms with E-state index in [1.54, 1.807) is 0 Å². The van der Waals surface area contributed by atoms with Gasteiger partial charge in [-0.2, -0.15) is 0 Å². The summed E-state index contributed by atoms with van der Waals surface area (Å²) in [6.45, 7) is 10.5. The van der Waals surface area contributed by atoms with Crippen molar-refractivity contribution in [1.82, 2.24) is 0 Å². The van der Waals surface area contributed by atoms with Gasteiger partial charge in [-0.15, -0.1) is 0 Å². The Kier molecular flexibility index (Phi) is 5.42. The molecule has 0 fully saturated rings. The molecule has 0 unspecified atom stereocenters. The molecule has 2 aromatic rings. The zero-order valence-corrected chi connectivity index (χ0v) is 11.4. The predicted octanol–water partition coefficient (Wildman–Crippen LogP) is 3.84. The van der Waals surface area contributed by atoms with Crippen molar-refractivity contribution < 1.29 is 0 Å². The Labute approximate surface area is 133 Å². The molecule has 0 saturated carbocycles. The molecular formula is C18H24Sn. The van der Waals surface area contributed by atoms with Gasteiger partial charge in [0.25, 0.3) is 0 Å². The molecule has 0 aliphatic rings. The second-order valence-electron chi connectivity index (χ2n) is 5.65. The normalized spacial score (nSPS) is 10.7. The third-order valence-corrected chi connectivity index (χ3v) is 3.23. The van der Waals surface area contributed by atoms with Gasteiger partial charge in [0.05, 0.1) is 0 Å². The van der Waals surface area contributed by atoms with E-state index in [9.17, 15) is 0 Å². The van der Waals surface area contributed by atoms with Gasteiger partial charge in [-0.1, -0.05) is 82.0 Å². The Morgan fingerprint density at radius 2 is 1.21 bits per heavy atom. The average molecular weight is 359 g/mol. The molecule has 0 amide bonds. The molecule has 100 valence electrons. The maximum absolute atomic E-state index is 3.77. The first-order valence-electron chi connectivity index (χ1n) is 6.34.